The summed E-state index contributed by atoms with van der Waals surface area (Å²) in [5, 5.41) is 0. The molecule has 0 heterocycles. The molecular formula is C20H19F2N. The van der Waals surface area contributed by atoms with E-state index in [-0.39, 0.29) is 17.5 Å². The highest BCUT2D eigenvalue weighted by Crippen LogP contribution is 2.33. The molecule has 1 fully saturated rings. The molecule has 3 rings (SSSR count). The number of hydrogen-bond donors (Lipinski definition) is 1. The Hall–Kier alpha value is -2.18. The highest BCUT2D eigenvalue weighted by Gasteiger charge is 2.22. The summed E-state index contributed by atoms with van der Waals surface area (Å²) >= 11 is 0. The lowest BCUT2D eigenvalue weighted by Gasteiger charge is -2.26. The zero-order valence-electron chi connectivity index (χ0n) is 12.9. The molecule has 0 aromatic heterocycles. The summed E-state index contributed by atoms with van der Waals surface area (Å²) in [6, 6.07) is 12.2. The van der Waals surface area contributed by atoms with Crippen LogP contribution in [0.15, 0.2) is 42.5 Å². The van der Waals surface area contributed by atoms with Crippen molar-refractivity contribution in [3.05, 3.63) is 70.8 Å². The second kappa shape index (κ2) is 6.93. The maximum atomic E-state index is 14.3. The first-order valence-electron chi connectivity index (χ1n) is 7.95. The largest absolute Gasteiger partial charge is 0.328 e. The quantitative estimate of drug-likeness (QED) is 0.779. The molecule has 1 aliphatic rings. The molecule has 1 aliphatic carbocycles. The van der Waals surface area contributed by atoms with Crippen LogP contribution in [0.5, 0.6) is 0 Å². The summed E-state index contributed by atoms with van der Waals surface area (Å²) in [5.74, 6) is 4.44. The molecule has 0 amide bonds. The van der Waals surface area contributed by atoms with Gasteiger partial charge < -0.3 is 5.73 Å². The van der Waals surface area contributed by atoms with Gasteiger partial charge in [0.25, 0.3) is 0 Å². The number of benzene rings is 2. The van der Waals surface area contributed by atoms with E-state index in [1.165, 1.54) is 12.1 Å². The summed E-state index contributed by atoms with van der Waals surface area (Å²) in [6.07, 6.45) is 3.58. The van der Waals surface area contributed by atoms with E-state index in [4.69, 9.17) is 5.73 Å². The van der Waals surface area contributed by atoms with Crippen molar-refractivity contribution in [2.75, 3.05) is 0 Å². The molecule has 0 bridgehead atoms. The van der Waals surface area contributed by atoms with Crippen LogP contribution in [0.25, 0.3) is 0 Å². The van der Waals surface area contributed by atoms with Crippen LogP contribution in [-0.2, 0) is 0 Å². The predicted octanol–water partition coefficient (Wildman–Crippen LogP) is 4.35. The molecule has 0 radical (unpaired) electrons. The van der Waals surface area contributed by atoms with E-state index in [0.717, 1.165) is 36.8 Å². The van der Waals surface area contributed by atoms with Gasteiger partial charge in [-0.15, -0.1) is 0 Å². The average Bonchev–Trinajstić information content (AvgIpc) is 2.55. The summed E-state index contributed by atoms with van der Waals surface area (Å²) in [7, 11) is 0. The Morgan fingerprint density at radius 2 is 1.48 bits per heavy atom. The fourth-order valence-corrected chi connectivity index (χ4v) is 3.06. The SMILES string of the molecule is NC1CCC(c2cc(F)c(C#Cc3ccccc3)c(F)c2)CC1. The van der Waals surface area contributed by atoms with Crippen LogP contribution in [0.4, 0.5) is 8.78 Å². The van der Waals surface area contributed by atoms with Gasteiger partial charge >= 0.3 is 0 Å². The minimum Gasteiger partial charge on any atom is -0.328 e. The fourth-order valence-electron chi connectivity index (χ4n) is 3.06. The Balaban J connectivity index is 1.85. The zero-order chi connectivity index (χ0) is 16.2. The van der Waals surface area contributed by atoms with E-state index in [0.29, 0.717) is 0 Å². The van der Waals surface area contributed by atoms with E-state index >= 15 is 0 Å². The van der Waals surface area contributed by atoms with Crippen molar-refractivity contribution in [2.45, 2.75) is 37.6 Å². The van der Waals surface area contributed by atoms with Gasteiger partial charge in [-0.05, 0) is 61.4 Å². The molecule has 0 saturated heterocycles. The van der Waals surface area contributed by atoms with E-state index in [2.05, 4.69) is 11.8 Å². The molecule has 0 atom stereocenters. The molecule has 23 heavy (non-hydrogen) atoms. The van der Waals surface area contributed by atoms with Gasteiger partial charge in [-0.3, -0.25) is 0 Å². The smallest absolute Gasteiger partial charge is 0.142 e. The highest BCUT2D eigenvalue weighted by molar-refractivity contribution is 5.45. The molecule has 118 valence electrons. The van der Waals surface area contributed by atoms with Gasteiger partial charge in [0.15, 0.2) is 0 Å². The normalized spacial score (nSPS) is 20.7. The lowest BCUT2D eigenvalue weighted by Crippen LogP contribution is -2.25. The molecule has 2 aromatic rings. The Bertz CT molecular complexity index is 712. The van der Waals surface area contributed by atoms with Crippen molar-refractivity contribution < 1.29 is 8.78 Å². The van der Waals surface area contributed by atoms with Gasteiger partial charge in [0.05, 0.1) is 5.56 Å². The van der Waals surface area contributed by atoms with Gasteiger partial charge in [0.1, 0.15) is 11.6 Å². The van der Waals surface area contributed by atoms with Crippen molar-refractivity contribution in [1.82, 2.24) is 0 Å². The number of rotatable bonds is 1. The van der Waals surface area contributed by atoms with Crippen molar-refractivity contribution in [1.29, 1.82) is 0 Å². The zero-order valence-corrected chi connectivity index (χ0v) is 12.9. The molecule has 3 heteroatoms. The molecular weight excluding hydrogens is 292 g/mol. The van der Waals surface area contributed by atoms with E-state index < -0.39 is 11.6 Å². The average molecular weight is 311 g/mol. The summed E-state index contributed by atoms with van der Waals surface area (Å²) in [4.78, 5) is 0. The van der Waals surface area contributed by atoms with E-state index in [1.807, 2.05) is 30.3 Å². The number of nitrogens with two attached hydrogens (primary N) is 1. The molecule has 2 N–H and O–H groups in total. The summed E-state index contributed by atoms with van der Waals surface area (Å²) in [5.41, 5.74) is 7.18. The van der Waals surface area contributed by atoms with Crippen molar-refractivity contribution >= 4 is 0 Å². The van der Waals surface area contributed by atoms with Crippen LogP contribution in [0, 0.1) is 23.5 Å². The van der Waals surface area contributed by atoms with Crippen LogP contribution in [0.3, 0.4) is 0 Å². The summed E-state index contributed by atoms with van der Waals surface area (Å²) < 4.78 is 28.6. The molecule has 1 nitrogen and oxygen atoms in total. The summed E-state index contributed by atoms with van der Waals surface area (Å²) in [6.45, 7) is 0. The highest BCUT2D eigenvalue weighted by atomic mass is 19.1. The second-order valence-electron chi connectivity index (χ2n) is 6.09. The van der Waals surface area contributed by atoms with Gasteiger partial charge in [-0.25, -0.2) is 8.78 Å². The third-order valence-electron chi connectivity index (χ3n) is 4.41. The Morgan fingerprint density at radius 3 is 2.09 bits per heavy atom. The van der Waals surface area contributed by atoms with Gasteiger partial charge in [0, 0.05) is 11.6 Å². The maximum Gasteiger partial charge on any atom is 0.142 e. The van der Waals surface area contributed by atoms with Gasteiger partial charge in [-0.1, -0.05) is 30.0 Å². The van der Waals surface area contributed by atoms with Crippen molar-refractivity contribution in [2.24, 2.45) is 5.73 Å². The first kappa shape index (κ1) is 15.7. The minimum atomic E-state index is -0.585. The fraction of sp³-hybridized carbons (Fsp3) is 0.300. The van der Waals surface area contributed by atoms with Crippen molar-refractivity contribution in [3.63, 3.8) is 0 Å². The number of hydrogen-bond acceptors (Lipinski definition) is 1. The second-order valence-corrected chi connectivity index (χ2v) is 6.09. The van der Waals surface area contributed by atoms with Crippen LogP contribution < -0.4 is 5.73 Å². The first-order chi connectivity index (χ1) is 11.1. The first-order valence-corrected chi connectivity index (χ1v) is 7.95. The Morgan fingerprint density at radius 1 is 0.870 bits per heavy atom. The third kappa shape index (κ3) is 3.78. The predicted molar refractivity (Wildman–Crippen MR) is 88.0 cm³/mol. The molecule has 0 aliphatic heterocycles. The van der Waals surface area contributed by atoms with Crippen LogP contribution in [0.1, 0.15) is 48.3 Å². The van der Waals surface area contributed by atoms with Gasteiger partial charge in [-0.2, -0.15) is 0 Å². The lowest BCUT2D eigenvalue weighted by atomic mass is 9.82. The molecule has 0 spiro atoms. The number of halogens is 2. The van der Waals surface area contributed by atoms with Crippen LogP contribution >= 0.6 is 0 Å². The Kier molecular flexibility index (Phi) is 4.73. The maximum absolute atomic E-state index is 14.3. The van der Waals surface area contributed by atoms with Crippen LogP contribution in [0.2, 0.25) is 0 Å². The third-order valence-corrected chi connectivity index (χ3v) is 4.41. The Labute approximate surface area is 135 Å². The van der Waals surface area contributed by atoms with E-state index in [1.54, 1.807) is 0 Å². The standard InChI is InChI=1S/C20H19F2N/c21-19-12-16(15-7-9-17(23)10-8-15)13-20(22)18(19)11-6-14-4-2-1-3-5-14/h1-5,12-13,15,17H,7-10,23H2. The monoisotopic (exact) mass is 311 g/mol. The minimum absolute atomic E-state index is 0.162. The topological polar surface area (TPSA) is 26.0 Å². The molecule has 0 unspecified atom stereocenters. The van der Waals surface area contributed by atoms with E-state index in [9.17, 15) is 8.78 Å². The van der Waals surface area contributed by atoms with Gasteiger partial charge in [0.2, 0.25) is 0 Å². The lowest BCUT2D eigenvalue weighted by molar-refractivity contribution is 0.393. The van der Waals surface area contributed by atoms with Crippen LogP contribution in [-0.4, -0.2) is 6.04 Å². The molecule has 2 aromatic carbocycles. The molecule has 1 saturated carbocycles. The van der Waals surface area contributed by atoms with Crippen molar-refractivity contribution in [3.8, 4) is 11.8 Å².